The maximum atomic E-state index is 10.5. The molecule has 1 rings (SSSR count). The number of thiol groups is 1. The van der Waals surface area contributed by atoms with Gasteiger partial charge in [-0.15, -0.1) is 0 Å². The summed E-state index contributed by atoms with van der Waals surface area (Å²) in [6.07, 6.45) is 1.04. The van der Waals surface area contributed by atoms with Gasteiger partial charge in [-0.25, -0.2) is 8.42 Å². The molecule has 0 bridgehead atoms. The molecular formula is C5H7N3O4S. The van der Waals surface area contributed by atoms with Crippen LogP contribution in [0.3, 0.4) is 0 Å². The molecule has 0 spiro atoms. The van der Waals surface area contributed by atoms with Crippen molar-refractivity contribution in [3.8, 4) is 0 Å². The zero-order valence-corrected chi connectivity index (χ0v) is 7.28. The van der Waals surface area contributed by atoms with Gasteiger partial charge in [0.15, 0.2) is 16.4 Å². The van der Waals surface area contributed by atoms with E-state index in [0.717, 1.165) is 6.26 Å². The first-order valence-electron chi connectivity index (χ1n) is 3.20. The minimum atomic E-state index is -2.56. The second kappa shape index (κ2) is 3.90. The second-order valence-electron chi connectivity index (χ2n) is 2.07. The van der Waals surface area contributed by atoms with Crippen molar-refractivity contribution in [2.75, 3.05) is 11.2 Å². The van der Waals surface area contributed by atoms with E-state index in [-0.39, 0.29) is 17.6 Å². The molecule has 72 valence electrons. The Kier molecular flexibility index (Phi) is 2.85. The van der Waals surface area contributed by atoms with E-state index in [0.29, 0.717) is 0 Å². The highest BCUT2D eigenvalue weighted by Gasteiger charge is 2.07. The molecule has 0 radical (unpaired) electrons. The molecule has 0 aliphatic heterocycles. The number of hydrogen-bond donors (Lipinski definition) is 3. The smallest absolute Gasteiger partial charge is 0.296 e. The lowest BCUT2D eigenvalue weighted by Gasteiger charge is -1.91. The molecule has 0 saturated heterocycles. The van der Waals surface area contributed by atoms with Crippen LogP contribution < -0.4 is 11.1 Å². The lowest BCUT2D eigenvalue weighted by molar-refractivity contribution is 0.0995. The highest BCUT2D eigenvalue weighted by Crippen LogP contribution is 2.05. The fraction of sp³-hybridized carbons (Fsp3) is 0.200. The average molecular weight is 205 g/mol. The van der Waals surface area contributed by atoms with Crippen molar-refractivity contribution >= 4 is 22.6 Å². The van der Waals surface area contributed by atoms with Crippen molar-refractivity contribution in [2.24, 2.45) is 5.73 Å². The summed E-state index contributed by atoms with van der Waals surface area (Å²) in [4.78, 5) is 14.1. The van der Waals surface area contributed by atoms with Gasteiger partial charge in [0.1, 0.15) is 12.1 Å². The highest BCUT2D eigenvalue weighted by atomic mass is 32.2. The number of nitrogens with two attached hydrogens (primary N) is 1. The van der Waals surface area contributed by atoms with Crippen LogP contribution >= 0.6 is 0 Å². The number of anilines is 1. The SMILES string of the molecule is NC(=O)c1coc(NC[SH](=O)=O)n1. The van der Waals surface area contributed by atoms with Crippen LogP contribution in [-0.4, -0.2) is 25.2 Å². The number of hydrogen-bond acceptors (Lipinski definition) is 6. The van der Waals surface area contributed by atoms with Crippen molar-refractivity contribution in [2.45, 2.75) is 0 Å². The standard InChI is InChI=1S/C5H7N3O4S/c6-4(9)3-1-12-5(8-3)7-2-13(10)11/h1,13H,2H2,(H2,6,9)(H,7,8). The number of carbonyl (C=O) groups is 1. The maximum absolute atomic E-state index is 10.5. The lowest BCUT2D eigenvalue weighted by atomic mass is 10.5. The van der Waals surface area contributed by atoms with Crippen LogP contribution in [0.4, 0.5) is 6.01 Å². The van der Waals surface area contributed by atoms with Crippen LogP contribution in [0.2, 0.25) is 0 Å². The first kappa shape index (κ1) is 9.52. The van der Waals surface area contributed by atoms with E-state index in [2.05, 4.69) is 14.7 Å². The zero-order chi connectivity index (χ0) is 9.84. The van der Waals surface area contributed by atoms with Crippen LogP contribution in [0.25, 0.3) is 0 Å². The van der Waals surface area contributed by atoms with E-state index in [1.54, 1.807) is 0 Å². The van der Waals surface area contributed by atoms with Crippen molar-refractivity contribution in [3.63, 3.8) is 0 Å². The third-order valence-electron chi connectivity index (χ3n) is 1.12. The first-order chi connectivity index (χ1) is 6.09. The summed E-state index contributed by atoms with van der Waals surface area (Å²) in [7, 11) is -2.56. The summed E-state index contributed by atoms with van der Waals surface area (Å²) in [5.74, 6) is -1.03. The number of primary amides is 1. The number of aromatic nitrogens is 1. The fourth-order valence-electron chi connectivity index (χ4n) is 0.600. The molecule has 1 amide bonds. The maximum Gasteiger partial charge on any atom is 0.296 e. The first-order valence-corrected chi connectivity index (χ1v) is 4.57. The predicted octanol–water partition coefficient (Wildman–Crippen LogP) is -1.25. The molecule has 0 aliphatic carbocycles. The summed E-state index contributed by atoms with van der Waals surface area (Å²) >= 11 is 0. The highest BCUT2D eigenvalue weighted by molar-refractivity contribution is 7.72. The largest absolute Gasteiger partial charge is 0.431 e. The van der Waals surface area contributed by atoms with Crippen LogP contribution in [0.5, 0.6) is 0 Å². The number of amides is 1. The van der Waals surface area contributed by atoms with Gasteiger partial charge in [-0.3, -0.25) is 4.79 Å². The fourth-order valence-corrected chi connectivity index (χ4v) is 0.865. The Hall–Kier alpha value is -1.57. The minimum absolute atomic E-state index is 0.0481. The Morgan fingerprint density at radius 1 is 1.69 bits per heavy atom. The number of nitrogens with one attached hydrogen (secondary N) is 1. The third kappa shape index (κ3) is 2.75. The van der Waals surface area contributed by atoms with Gasteiger partial charge >= 0.3 is 0 Å². The molecule has 1 heterocycles. The van der Waals surface area contributed by atoms with Crippen LogP contribution in [0.1, 0.15) is 10.5 Å². The van der Waals surface area contributed by atoms with Crippen LogP contribution in [-0.2, 0) is 10.7 Å². The zero-order valence-electron chi connectivity index (χ0n) is 6.39. The summed E-state index contributed by atoms with van der Waals surface area (Å²) in [5.41, 5.74) is 4.82. The molecule has 0 aromatic carbocycles. The van der Waals surface area contributed by atoms with Gasteiger partial charge < -0.3 is 15.5 Å². The van der Waals surface area contributed by atoms with Crippen molar-refractivity contribution in [3.05, 3.63) is 12.0 Å². The van der Waals surface area contributed by atoms with E-state index >= 15 is 0 Å². The monoisotopic (exact) mass is 205 g/mol. The number of oxazole rings is 1. The molecule has 0 fully saturated rings. The number of carbonyl (C=O) groups excluding carboxylic acids is 1. The topological polar surface area (TPSA) is 115 Å². The molecule has 0 atom stereocenters. The van der Waals surface area contributed by atoms with Crippen LogP contribution in [0, 0.1) is 0 Å². The van der Waals surface area contributed by atoms with Crippen LogP contribution in [0.15, 0.2) is 10.7 Å². The Bertz CT molecular complexity index is 375. The Labute approximate surface area is 74.9 Å². The minimum Gasteiger partial charge on any atom is -0.431 e. The van der Waals surface area contributed by atoms with Gasteiger partial charge in [0, 0.05) is 0 Å². The van der Waals surface area contributed by atoms with E-state index < -0.39 is 16.6 Å². The second-order valence-corrected chi connectivity index (χ2v) is 3.05. The molecule has 0 unspecified atom stereocenters. The third-order valence-corrected chi connectivity index (χ3v) is 1.53. The Morgan fingerprint density at radius 2 is 2.38 bits per heavy atom. The van der Waals surface area contributed by atoms with Gasteiger partial charge in [0.2, 0.25) is 0 Å². The molecule has 0 aliphatic rings. The van der Waals surface area contributed by atoms with Crippen molar-refractivity contribution < 1.29 is 17.6 Å². The van der Waals surface area contributed by atoms with E-state index in [1.807, 2.05) is 0 Å². The molecule has 1 aromatic heterocycles. The molecule has 3 N–H and O–H groups in total. The summed E-state index contributed by atoms with van der Waals surface area (Å²) in [5, 5.41) is 2.34. The van der Waals surface area contributed by atoms with Crippen molar-refractivity contribution in [1.82, 2.24) is 4.98 Å². The van der Waals surface area contributed by atoms with Gasteiger partial charge in [0.25, 0.3) is 11.9 Å². The molecule has 7 nitrogen and oxygen atoms in total. The number of nitrogens with zero attached hydrogens (tertiary/aromatic N) is 1. The van der Waals surface area contributed by atoms with E-state index in [9.17, 15) is 13.2 Å². The van der Waals surface area contributed by atoms with Gasteiger partial charge in [-0.2, -0.15) is 4.98 Å². The van der Waals surface area contributed by atoms with Gasteiger partial charge in [0.05, 0.1) is 0 Å². The van der Waals surface area contributed by atoms with Gasteiger partial charge in [-0.05, 0) is 0 Å². The average Bonchev–Trinajstić information content (AvgIpc) is 2.48. The quantitative estimate of drug-likeness (QED) is 0.529. The molecule has 8 heteroatoms. The molecule has 0 saturated carbocycles. The summed E-state index contributed by atoms with van der Waals surface area (Å²) < 4.78 is 24.9. The Balaban J connectivity index is 2.64. The lowest BCUT2D eigenvalue weighted by Crippen LogP contribution is -2.11. The van der Waals surface area contributed by atoms with E-state index in [4.69, 9.17) is 5.73 Å². The number of rotatable bonds is 4. The van der Waals surface area contributed by atoms with Gasteiger partial charge in [-0.1, -0.05) is 0 Å². The van der Waals surface area contributed by atoms with E-state index in [1.165, 1.54) is 0 Å². The summed E-state index contributed by atoms with van der Waals surface area (Å²) in [6.45, 7) is 0. The normalized spacial score (nSPS) is 10.2. The molecule has 1 aromatic rings. The van der Waals surface area contributed by atoms with Crippen molar-refractivity contribution in [1.29, 1.82) is 0 Å². The molecule has 13 heavy (non-hydrogen) atoms. The predicted molar refractivity (Wildman–Crippen MR) is 43.8 cm³/mol. The Morgan fingerprint density at radius 3 is 2.85 bits per heavy atom. The molecular weight excluding hydrogens is 198 g/mol. The summed E-state index contributed by atoms with van der Waals surface area (Å²) in [6, 6.07) is -0.0481.